The van der Waals surface area contributed by atoms with E-state index >= 15 is 0 Å². The van der Waals surface area contributed by atoms with E-state index in [-0.39, 0.29) is 17.3 Å². The highest BCUT2D eigenvalue weighted by molar-refractivity contribution is 5.75. The van der Waals surface area contributed by atoms with Gasteiger partial charge in [-0.1, -0.05) is 103 Å². The monoisotopic (exact) mass is 558 g/mol. The molecule has 41 heavy (non-hydrogen) atoms. The summed E-state index contributed by atoms with van der Waals surface area (Å²) < 4.78 is 5.75. The summed E-state index contributed by atoms with van der Waals surface area (Å²) in [5, 5.41) is 9.92. The smallest absolute Gasteiger partial charge is 0.314 e. The summed E-state index contributed by atoms with van der Waals surface area (Å²) in [4.78, 5) is 17.6. The SMILES string of the molecule is CCCCCCCCCc1ccc(-c2ccc(OC(=O)C3CCC(C#N)(CCCCCCCCC)CC3)cc2)nc1. The Balaban J connectivity index is 1.38. The van der Waals surface area contributed by atoms with Gasteiger partial charge >= 0.3 is 5.97 Å². The lowest BCUT2D eigenvalue weighted by molar-refractivity contribution is -0.140. The standard InChI is InChI=1S/C37H54N2O2/c1-3-5-7-9-11-13-15-17-31-18-23-35(39-29-31)32-19-21-34(22-20-32)41-36(40)33-24-27-37(30-38,28-25-33)26-16-14-12-10-8-6-4-2/h18-23,29,33H,3-17,24-28H2,1-2H3. The van der Waals surface area contributed by atoms with Crippen LogP contribution < -0.4 is 4.74 Å². The highest BCUT2D eigenvalue weighted by Gasteiger charge is 2.38. The van der Waals surface area contributed by atoms with Crippen LogP contribution in [0.2, 0.25) is 0 Å². The van der Waals surface area contributed by atoms with Crippen molar-refractivity contribution in [2.24, 2.45) is 11.3 Å². The summed E-state index contributed by atoms with van der Waals surface area (Å²) in [5.74, 6) is 0.304. The molecule has 1 aliphatic carbocycles. The quantitative estimate of drug-likeness (QED) is 0.0977. The van der Waals surface area contributed by atoms with Crippen molar-refractivity contribution in [3.05, 3.63) is 48.2 Å². The first-order valence-electron chi connectivity index (χ1n) is 16.8. The summed E-state index contributed by atoms with van der Waals surface area (Å²) in [6.45, 7) is 4.50. The van der Waals surface area contributed by atoms with Crippen molar-refractivity contribution in [2.45, 2.75) is 142 Å². The largest absolute Gasteiger partial charge is 0.426 e. The number of rotatable bonds is 19. The minimum atomic E-state index is -0.251. The summed E-state index contributed by atoms with van der Waals surface area (Å²) in [5.41, 5.74) is 3.00. The number of hydrogen-bond acceptors (Lipinski definition) is 4. The average molecular weight is 559 g/mol. The molecule has 0 amide bonds. The zero-order chi connectivity index (χ0) is 29.2. The molecular weight excluding hydrogens is 504 g/mol. The number of nitriles is 1. The number of carbonyl (C=O) groups is 1. The summed E-state index contributed by atoms with van der Waals surface area (Å²) in [6.07, 6.45) is 25.3. The molecule has 0 bridgehead atoms. The molecule has 0 atom stereocenters. The van der Waals surface area contributed by atoms with Gasteiger partial charge in [-0.25, -0.2) is 0 Å². The molecule has 1 aromatic heterocycles. The number of aryl methyl sites for hydroxylation is 1. The minimum absolute atomic E-state index is 0.115. The number of pyridine rings is 1. The first-order chi connectivity index (χ1) is 20.1. The third-order valence-corrected chi connectivity index (χ3v) is 9.03. The van der Waals surface area contributed by atoms with Crippen LogP contribution in [0.15, 0.2) is 42.6 Å². The van der Waals surface area contributed by atoms with Gasteiger partial charge in [0.2, 0.25) is 0 Å². The van der Waals surface area contributed by atoms with Crippen LogP contribution in [0.3, 0.4) is 0 Å². The molecule has 2 aromatic rings. The van der Waals surface area contributed by atoms with E-state index in [2.05, 4.69) is 37.0 Å². The molecule has 1 aromatic carbocycles. The molecule has 4 nitrogen and oxygen atoms in total. The van der Waals surface area contributed by atoms with E-state index in [1.54, 1.807) is 0 Å². The van der Waals surface area contributed by atoms with Crippen molar-refractivity contribution in [3.63, 3.8) is 0 Å². The van der Waals surface area contributed by atoms with Gasteiger partial charge in [-0.15, -0.1) is 0 Å². The maximum atomic E-state index is 12.9. The lowest BCUT2D eigenvalue weighted by Crippen LogP contribution is -2.31. The van der Waals surface area contributed by atoms with Crippen molar-refractivity contribution in [1.29, 1.82) is 5.26 Å². The number of aromatic nitrogens is 1. The molecule has 1 aliphatic rings. The van der Waals surface area contributed by atoms with Crippen molar-refractivity contribution < 1.29 is 9.53 Å². The first kappa shape index (κ1) is 32.8. The van der Waals surface area contributed by atoms with Gasteiger partial charge in [0.1, 0.15) is 5.75 Å². The number of carbonyl (C=O) groups excluding carboxylic acids is 1. The van der Waals surface area contributed by atoms with Crippen LogP contribution in [0.5, 0.6) is 5.75 Å². The van der Waals surface area contributed by atoms with E-state index in [1.807, 2.05) is 30.5 Å². The molecule has 224 valence electrons. The topological polar surface area (TPSA) is 63.0 Å². The van der Waals surface area contributed by atoms with Gasteiger partial charge in [0, 0.05) is 11.8 Å². The lowest BCUT2D eigenvalue weighted by Gasteiger charge is -2.34. The van der Waals surface area contributed by atoms with Crippen LogP contribution in [0, 0.1) is 22.7 Å². The van der Waals surface area contributed by atoms with Crippen LogP contribution in [0.25, 0.3) is 11.3 Å². The number of benzene rings is 1. The maximum Gasteiger partial charge on any atom is 0.314 e. The number of unbranched alkanes of at least 4 members (excludes halogenated alkanes) is 12. The summed E-state index contributed by atoms with van der Waals surface area (Å²) in [7, 11) is 0. The predicted molar refractivity (Wildman–Crippen MR) is 170 cm³/mol. The zero-order valence-corrected chi connectivity index (χ0v) is 26.0. The lowest BCUT2D eigenvalue weighted by atomic mass is 9.69. The Labute approximate surface area is 250 Å². The van der Waals surface area contributed by atoms with E-state index in [0.29, 0.717) is 5.75 Å². The molecular formula is C37H54N2O2. The van der Waals surface area contributed by atoms with E-state index in [0.717, 1.165) is 56.2 Å². The first-order valence-corrected chi connectivity index (χ1v) is 16.8. The Kier molecular flexibility index (Phi) is 15.0. The Bertz CT molecular complexity index is 1030. The second-order valence-electron chi connectivity index (χ2n) is 12.4. The van der Waals surface area contributed by atoms with Crippen LogP contribution in [0.4, 0.5) is 0 Å². The highest BCUT2D eigenvalue weighted by atomic mass is 16.5. The fourth-order valence-corrected chi connectivity index (χ4v) is 6.17. The van der Waals surface area contributed by atoms with Crippen molar-refractivity contribution in [2.75, 3.05) is 0 Å². The Morgan fingerprint density at radius 3 is 1.98 bits per heavy atom. The molecule has 0 aliphatic heterocycles. The maximum absolute atomic E-state index is 12.9. The fraction of sp³-hybridized carbons (Fsp3) is 0.649. The number of hydrogen-bond donors (Lipinski definition) is 0. The van der Waals surface area contributed by atoms with Crippen LogP contribution in [-0.4, -0.2) is 11.0 Å². The summed E-state index contributed by atoms with van der Waals surface area (Å²) in [6, 6.07) is 14.6. The van der Waals surface area contributed by atoms with E-state index < -0.39 is 0 Å². The van der Waals surface area contributed by atoms with Crippen molar-refractivity contribution in [1.82, 2.24) is 4.98 Å². The average Bonchev–Trinajstić information content (AvgIpc) is 3.01. The Morgan fingerprint density at radius 2 is 1.41 bits per heavy atom. The third kappa shape index (κ3) is 11.6. The van der Waals surface area contributed by atoms with Gasteiger partial charge in [-0.2, -0.15) is 5.26 Å². The number of esters is 1. The van der Waals surface area contributed by atoms with Gasteiger partial charge in [0.25, 0.3) is 0 Å². The minimum Gasteiger partial charge on any atom is -0.426 e. The molecule has 1 saturated carbocycles. The molecule has 1 fully saturated rings. The van der Waals surface area contributed by atoms with E-state index in [1.165, 1.54) is 89.0 Å². The van der Waals surface area contributed by atoms with Gasteiger partial charge < -0.3 is 4.74 Å². The van der Waals surface area contributed by atoms with Gasteiger partial charge in [0.15, 0.2) is 0 Å². The molecule has 0 unspecified atom stereocenters. The molecule has 0 radical (unpaired) electrons. The molecule has 0 saturated heterocycles. The fourth-order valence-electron chi connectivity index (χ4n) is 6.17. The second kappa shape index (κ2) is 18.7. The van der Waals surface area contributed by atoms with Gasteiger partial charge in [0.05, 0.1) is 23.1 Å². The second-order valence-corrected chi connectivity index (χ2v) is 12.4. The normalized spacial score (nSPS) is 18.6. The summed E-state index contributed by atoms with van der Waals surface area (Å²) >= 11 is 0. The Morgan fingerprint density at radius 1 is 0.829 bits per heavy atom. The zero-order valence-electron chi connectivity index (χ0n) is 26.0. The van der Waals surface area contributed by atoms with Gasteiger partial charge in [-0.05, 0) is 80.8 Å². The van der Waals surface area contributed by atoms with Crippen LogP contribution >= 0.6 is 0 Å². The molecule has 1 heterocycles. The highest BCUT2D eigenvalue weighted by Crippen LogP contribution is 2.43. The Hall–Kier alpha value is -2.67. The van der Waals surface area contributed by atoms with Crippen LogP contribution in [-0.2, 0) is 11.2 Å². The van der Waals surface area contributed by atoms with Gasteiger partial charge in [-0.3, -0.25) is 9.78 Å². The molecule has 4 heteroatoms. The number of nitrogens with zero attached hydrogens (tertiary/aromatic N) is 2. The molecule has 0 spiro atoms. The predicted octanol–water partition coefficient (Wildman–Crippen LogP) is 10.8. The van der Waals surface area contributed by atoms with E-state index in [4.69, 9.17) is 4.74 Å². The third-order valence-electron chi connectivity index (χ3n) is 9.03. The number of ether oxygens (including phenoxy) is 1. The van der Waals surface area contributed by atoms with Crippen molar-refractivity contribution >= 4 is 5.97 Å². The van der Waals surface area contributed by atoms with Crippen molar-refractivity contribution in [3.8, 4) is 23.1 Å². The van der Waals surface area contributed by atoms with E-state index in [9.17, 15) is 10.1 Å². The van der Waals surface area contributed by atoms with Crippen LogP contribution in [0.1, 0.15) is 141 Å². The molecule has 3 rings (SSSR count). The molecule has 0 N–H and O–H groups in total.